The van der Waals surface area contributed by atoms with Gasteiger partial charge in [-0.15, -0.1) is 0 Å². The molecule has 1 heterocycles. The van der Waals surface area contributed by atoms with Crippen LogP contribution in [0.4, 0.5) is 0 Å². The number of rotatable bonds is 5. The lowest BCUT2D eigenvalue weighted by Gasteiger charge is -2.27. The molecule has 1 aliphatic rings. The maximum atomic E-state index is 11.7. The Hall–Kier alpha value is -0.100. The fraction of sp³-hybridized carbons (Fsp3) is 0.900. The fourth-order valence-corrected chi connectivity index (χ4v) is 2.50. The molecule has 0 aromatic rings. The first-order valence-corrected chi connectivity index (χ1v) is 6.26. The molecule has 0 aliphatic carbocycles. The molecule has 1 fully saturated rings. The van der Waals surface area contributed by atoms with Gasteiger partial charge in [0.15, 0.2) is 5.12 Å². The average molecular weight is 233 g/mol. The Kier molecular flexibility index (Phi) is 6.24. The van der Waals surface area contributed by atoms with Crippen LogP contribution in [0.25, 0.3) is 0 Å². The van der Waals surface area contributed by atoms with Crippen molar-refractivity contribution in [2.24, 2.45) is 5.92 Å². The first kappa shape index (κ1) is 13.0. The minimum absolute atomic E-state index is 0.223. The zero-order chi connectivity index (χ0) is 11.1. The monoisotopic (exact) mass is 233 g/mol. The largest absolute Gasteiger partial charge is 0.371 e. The fourth-order valence-electron chi connectivity index (χ4n) is 1.63. The maximum Gasteiger partial charge on any atom is 0.192 e. The number of carbonyl (C=O) groups is 1. The van der Waals surface area contributed by atoms with Crippen LogP contribution in [-0.2, 0) is 9.53 Å². The highest BCUT2D eigenvalue weighted by Gasteiger charge is 2.23. The van der Waals surface area contributed by atoms with Crippen LogP contribution in [-0.4, -0.2) is 54.4 Å². The first-order valence-electron chi connectivity index (χ1n) is 5.28. The molecule has 0 aromatic carbocycles. The second-order valence-electron chi connectivity index (χ2n) is 3.78. The zero-order valence-corrected chi connectivity index (χ0v) is 9.96. The summed E-state index contributed by atoms with van der Waals surface area (Å²) in [5, 5.41) is 8.67. The molecule has 0 bridgehead atoms. The van der Waals surface area contributed by atoms with Crippen LogP contribution in [0, 0.1) is 5.92 Å². The van der Waals surface area contributed by atoms with Gasteiger partial charge in [-0.1, -0.05) is 11.8 Å². The molecule has 1 aliphatic heterocycles. The molecule has 0 saturated carbocycles. The van der Waals surface area contributed by atoms with Gasteiger partial charge in [0, 0.05) is 11.7 Å². The predicted octanol–water partition coefficient (Wildman–Crippen LogP) is 0.554. The van der Waals surface area contributed by atoms with E-state index < -0.39 is 0 Å². The summed E-state index contributed by atoms with van der Waals surface area (Å²) in [5.74, 6) is 0.867. The zero-order valence-electron chi connectivity index (χ0n) is 9.15. The average Bonchev–Trinajstić information content (AvgIpc) is 2.25. The first-order chi connectivity index (χ1) is 7.24. The van der Waals surface area contributed by atoms with Gasteiger partial charge in [0.25, 0.3) is 0 Å². The Morgan fingerprint density at radius 2 is 2.20 bits per heavy atom. The van der Waals surface area contributed by atoms with Crippen LogP contribution in [0.5, 0.6) is 0 Å². The van der Waals surface area contributed by atoms with Crippen molar-refractivity contribution in [3.8, 4) is 0 Å². The van der Waals surface area contributed by atoms with E-state index >= 15 is 0 Å². The SMILES string of the molecule is CN1CCC(C(=O)SCCOCO)CC1. The van der Waals surface area contributed by atoms with Gasteiger partial charge >= 0.3 is 0 Å². The van der Waals surface area contributed by atoms with Crippen molar-refractivity contribution in [1.29, 1.82) is 0 Å². The van der Waals surface area contributed by atoms with Gasteiger partial charge in [-0.05, 0) is 33.0 Å². The minimum atomic E-state index is -0.261. The molecule has 0 spiro atoms. The summed E-state index contributed by atoms with van der Waals surface area (Å²) < 4.78 is 4.76. The van der Waals surface area contributed by atoms with E-state index in [2.05, 4.69) is 11.9 Å². The number of piperidine rings is 1. The summed E-state index contributed by atoms with van der Waals surface area (Å²) in [7, 11) is 2.09. The minimum Gasteiger partial charge on any atom is -0.371 e. The lowest BCUT2D eigenvalue weighted by molar-refractivity contribution is -0.115. The molecule has 1 saturated heterocycles. The number of ether oxygens (including phenoxy) is 1. The van der Waals surface area contributed by atoms with E-state index in [9.17, 15) is 4.79 Å². The van der Waals surface area contributed by atoms with Crippen molar-refractivity contribution < 1.29 is 14.6 Å². The Labute approximate surface area is 95.0 Å². The summed E-state index contributed by atoms with van der Waals surface area (Å²) in [6.45, 7) is 2.22. The van der Waals surface area contributed by atoms with Crippen LogP contribution >= 0.6 is 11.8 Å². The number of aliphatic hydroxyl groups excluding tert-OH is 1. The molecule has 0 radical (unpaired) electrons. The third-order valence-electron chi connectivity index (χ3n) is 2.62. The van der Waals surface area contributed by atoms with Crippen LogP contribution in [0.3, 0.4) is 0 Å². The lowest BCUT2D eigenvalue weighted by Crippen LogP contribution is -2.32. The number of aliphatic hydroxyl groups is 1. The number of likely N-dealkylation sites (tertiary alicyclic amines) is 1. The van der Waals surface area contributed by atoms with Gasteiger partial charge in [-0.2, -0.15) is 0 Å². The predicted molar refractivity (Wildman–Crippen MR) is 60.7 cm³/mol. The molecule has 0 aromatic heterocycles. The van der Waals surface area contributed by atoms with Gasteiger partial charge in [0.2, 0.25) is 0 Å². The second kappa shape index (κ2) is 7.22. The van der Waals surface area contributed by atoms with E-state index in [0.717, 1.165) is 25.9 Å². The Morgan fingerprint density at radius 1 is 1.53 bits per heavy atom. The smallest absolute Gasteiger partial charge is 0.192 e. The highest BCUT2D eigenvalue weighted by molar-refractivity contribution is 8.13. The number of hydrogen-bond donors (Lipinski definition) is 1. The maximum absolute atomic E-state index is 11.7. The second-order valence-corrected chi connectivity index (χ2v) is 4.88. The Balaban J connectivity index is 2.11. The van der Waals surface area contributed by atoms with Crippen LogP contribution in [0.1, 0.15) is 12.8 Å². The Bertz CT molecular complexity index is 193. The van der Waals surface area contributed by atoms with Crippen molar-refractivity contribution in [3.63, 3.8) is 0 Å². The molecule has 4 nitrogen and oxygen atoms in total. The summed E-state index contributed by atoms with van der Waals surface area (Å²) in [6, 6.07) is 0. The number of thioether (sulfide) groups is 1. The van der Waals surface area contributed by atoms with E-state index in [0.29, 0.717) is 12.4 Å². The summed E-state index contributed by atoms with van der Waals surface area (Å²) in [4.78, 5) is 13.9. The molecular weight excluding hydrogens is 214 g/mol. The van der Waals surface area contributed by atoms with Crippen molar-refractivity contribution in [1.82, 2.24) is 4.90 Å². The molecule has 5 heteroatoms. The van der Waals surface area contributed by atoms with E-state index in [4.69, 9.17) is 9.84 Å². The molecule has 0 unspecified atom stereocenters. The van der Waals surface area contributed by atoms with E-state index in [1.165, 1.54) is 11.8 Å². The van der Waals surface area contributed by atoms with E-state index in [1.54, 1.807) is 0 Å². The van der Waals surface area contributed by atoms with Gasteiger partial charge in [0.05, 0.1) is 6.61 Å². The third-order valence-corrected chi connectivity index (χ3v) is 3.60. The van der Waals surface area contributed by atoms with Crippen LogP contribution in [0.15, 0.2) is 0 Å². The van der Waals surface area contributed by atoms with Crippen LogP contribution < -0.4 is 0 Å². The van der Waals surface area contributed by atoms with Crippen molar-refractivity contribution in [2.75, 3.05) is 39.3 Å². The highest BCUT2D eigenvalue weighted by Crippen LogP contribution is 2.22. The van der Waals surface area contributed by atoms with Gasteiger partial charge in [-0.3, -0.25) is 4.79 Å². The third kappa shape index (κ3) is 4.97. The summed E-state index contributed by atoms with van der Waals surface area (Å²) >= 11 is 1.33. The van der Waals surface area contributed by atoms with Gasteiger partial charge < -0.3 is 14.7 Å². The summed E-state index contributed by atoms with van der Waals surface area (Å²) in [6.07, 6.45) is 1.95. The van der Waals surface area contributed by atoms with Crippen LogP contribution in [0.2, 0.25) is 0 Å². The highest BCUT2D eigenvalue weighted by atomic mass is 32.2. The number of hydrogen-bond acceptors (Lipinski definition) is 5. The summed E-state index contributed by atoms with van der Waals surface area (Å²) in [5.41, 5.74) is 0. The molecule has 1 N–H and O–H groups in total. The van der Waals surface area contributed by atoms with Crippen molar-refractivity contribution in [2.45, 2.75) is 12.8 Å². The number of carbonyl (C=O) groups excluding carboxylic acids is 1. The number of nitrogens with zero attached hydrogens (tertiary/aromatic N) is 1. The molecule has 0 amide bonds. The topological polar surface area (TPSA) is 49.8 Å². The quantitative estimate of drug-likeness (QED) is 0.555. The molecule has 0 atom stereocenters. The van der Waals surface area contributed by atoms with Crippen molar-refractivity contribution in [3.05, 3.63) is 0 Å². The Morgan fingerprint density at radius 3 is 2.80 bits per heavy atom. The van der Waals surface area contributed by atoms with Crippen molar-refractivity contribution >= 4 is 16.9 Å². The lowest BCUT2D eigenvalue weighted by atomic mass is 9.99. The standard InChI is InChI=1S/C10H19NO3S/c1-11-4-2-9(3-5-11)10(13)15-7-6-14-8-12/h9,12H,2-8H2,1H3. The molecule has 15 heavy (non-hydrogen) atoms. The molecule has 1 rings (SSSR count). The normalized spacial score (nSPS) is 19.3. The molecular formula is C10H19NO3S. The van der Waals surface area contributed by atoms with E-state index in [1.807, 2.05) is 0 Å². The van der Waals surface area contributed by atoms with Gasteiger partial charge in [-0.25, -0.2) is 0 Å². The van der Waals surface area contributed by atoms with Gasteiger partial charge in [0.1, 0.15) is 6.79 Å². The van der Waals surface area contributed by atoms with E-state index in [-0.39, 0.29) is 17.8 Å². The molecule has 88 valence electrons.